The molecule has 0 bridgehead atoms. The summed E-state index contributed by atoms with van der Waals surface area (Å²) in [5, 5.41) is 0. The molecule has 1 saturated carbocycles. The topological polar surface area (TPSA) is 29.3 Å². The van der Waals surface area contributed by atoms with Crippen molar-refractivity contribution >= 4 is 0 Å². The van der Waals surface area contributed by atoms with Gasteiger partial charge in [-0.3, -0.25) is 4.90 Å². The quantitative estimate of drug-likeness (QED) is 0.776. The van der Waals surface area contributed by atoms with Gasteiger partial charge in [-0.05, 0) is 44.2 Å². The Balaban J connectivity index is 2.85. The van der Waals surface area contributed by atoms with Crippen LogP contribution in [-0.2, 0) is 0 Å². The maximum atomic E-state index is 6.07. The molecule has 0 radical (unpaired) electrons. The van der Waals surface area contributed by atoms with Crippen LogP contribution in [-0.4, -0.2) is 30.6 Å². The second-order valence-corrected chi connectivity index (χ2v) is 6.18. The Hall–Kier alpha value is -0.0800. The molecule has 2 N–H and O–H groups in total. The summed E-state index contributed by atoms with van der Waals surface area (Å²) in [5.41, 5.74) is 6.78. The van der Waals surface area contributed by atoms with Crippen molar-refractivity contribution in [3.63, 3.8) is 0 Å². The number of nitrogens with zero attached hydrogens (tertiary/aromatic N) is 1. The molecule has 2 heteroatoms. The third-order valence-electron chi connectivity index (χ3n) is 4.23. The number of hydrogen-bond acceptors (Lipinski definition) is 2. The van der Waals surface area contributed by atoms with E-state index in [1.165, 1.54) is 19.3 Å². The molecule has 15 heavy (non-hydrogen) atoms. The molecule has 2 nitrogen and oxygen atoms in total. The Bertz CT molecular complexity index is 213. The smallest absolute Gasteiger partial charge is 0.0359 e. The van der Waals surface area contributed by atoms with Crippen LogP contribution in [0, 0.1) is 11.3 Å². The largest absolute Gasteiger partial charge is 0.329 e. The molecular weight excluding hydrogens is 184 g/mol. The van der Waals surface area contributed by atoms with E-state index >= 15 is 0 Å². The van der Waals surface area contributed by atoms with Crippen molar-refractivity contribution in [2.24, 2.45) is 17.1 Å². The van der Waals surface area contributed by atoms with E-state index in [0.717, 1.165) is 13.1 Å². The van der Waals surface area contributed by atoms with Gasteiger partial charge in [0.25, 0.3) is 0 Å². The van der Waals surface area contributed by atoms with Gasteiger partial charge in [-0.15, -0.1) is 0 Å². The summed E-state index contributed by atoms with van der Waals surface area (Å²) in [6.07, 6.45) is 3.76. The Morgan fingerprint density at radius 3 is 2.33 bits per heavy atom. The predicted octanol–water partition coefficient (Wildman–Crippen LogP) is 2.48. The van der Waals surface area contributed by atoms with Crippen LogP contribution in [0.2, 0.25) is 0 Å². The molecule has 1 aliphatic carbocycles. The van der Waals surface area contributed by atoms with E-state index in [-0.39, 0.29) is 5.54 Å². The monoisotopic (exact) mass is 212 g/mol. The van der Waals surface area contributed by atoms with Gasteiger partial charge < -0.3 is 5.73 Å². The zero-order chi connectivity index (χ0) is 11.7. The molecule has 0 aromatic carbocycles. The lowest BCUT2D eigenvalue weighted by molar-refractivity contribution is 0.0859. The van der Waals surface area contributed by atoms with E-state index in [1.807, 2.05) is 0 Å². The molecule has 1 fully saturated rings. The van der Waals surface area contributed by atoms with Crippen LogP contribution < -0.4 is 5.73 Å². The van der Waals surface area contributed by atoms with Crippen molar-refractivity contribution in [1.82, 2.24) is 4.90 Å². The lowest BCUT2D eigenvalue weighted by Gasteiger charge is -2.42. The van der Waals surface area contributed by atoms with Gasteiger partial charge in [-0.25, -0.2) is 0 Å². The minimum atomic E-state index is 0.250. The zero-order valence-corrected chi connectivity index (χ0v) is 11.1. The molecule has 0 saturated heterocycles. The average molecular weight is 212 g/mol. The van der Waals surface area contributed by atoms with Crippen LogP contribution >= 0.6 is 0 Å². The highest BCUT2D eigenvalue weighted by Gasteiger charge is 2.49. The van der Waals surface area contributed by atoms with Crippen LogP contribution in [0.25, 0.3) is 0 Å². The summed E-state index contributed by atoms with van der Waals surface area (Å²) in [4.78, 5) is 2.51. The van der Waals surface area contributed by atoms with Crippen molar-refractivity contribution in [2.45, 2.75) is 52.5 Å². The number of nitrogens with two attached hydrogens (primary N) is 1. The maximum Gasteiger partial charge on any atom is 0.0359 e. The fourth-order valence-electron chi connectivity index (χ4n) is 3.59. The van der Waals surface area contributed by atoms with Crippen LogP contribution in [0.5, 0.6) is 0 Å². The Morgan fingerprint density at radius 2 is 2.00 bits per heavy atom. The summed E-state index contributed by atoms with van der Waals surface area (Å²) in [5.74, 6) is 0.717. The fraction of sp³-hybridized carbons (Fsp3) is 1.00. The summed E-state index contributed by atoms with van der Waals surface area (Å²) in [6, 6.07) is 0. The summed E-state index contributed by atoms with van der Waals surface area (Å²) < 4.78 is 0. The third-order valence-corrected chi connectivity index (χ3v) is 4.23. The van der Waals surface area contributed by atoms with Gasteiger partial charge in [-0.2, -0.15) is 0 Å². The van der Waals surface area contributed by atoms with Gasteiger partial charge in [0, 0.05) is 12.1 Å². The van der Waals surface area contributed by atoms with Crippen LogP contribution in [0.15, 0.2) is 0 Å². The highest BCUT2D eigenvalue weighted by Crippen LogP contribution is 2.49. The van der Waals surface area contributed by atoms with E-state index in [1.54, 1.807) is 0 Å². The van der Waals surface area contributed by atoms with E-state index in [0.29, 0.717) is 11.3 Å². The molecular formula is C13H28N2. The van der Waals surface area contributed by atoms with E-state index in [4.69, 9.17) is 5.73 Å². The molecule has 0 amide bonds. The highest BCUT2D eigenvalue weighted by atomic mass is 15.2. The van der Waals surface area contributed by atoms with Gasteiger partial charge in [0.15, 0.2) is 0 Å². The molecule has 0 heterocycles. The first-order valence-electron chi connectivity index (χ1n) is 6.29. The van der Waals surface area contributed by atoms with Crippen molar-refractivity contribution in [3.05, 3.63) is 0 Å². The SMILES string of the molecule is CCCN(C)C1(CN)CC(C)(C)CC1C. The highest BCUT2D eigenvalue weighted by molar-refractivity contribution is 5.05. The van der Waals surface area contributed by atoms with E-state index in [2.05, 4.69) is 39.6 Å². The van der Waals surface area contributed by atoms with E-state index < -0.39 is 0 Å². The first kappa shape index (κ1) is 13.0. The van der Waals surface area contributed by atoms with Crippen molar-refractivity contribution in [3.8, 4) is 0 Å². The normalized spacial score (nSPS) is 35.0. The molecule has 2 atom stereocenters. The summed E-state index contributed by atoms with van der Waals surface area (Å²) >= 11 is 0. The lowest BCUT2D eigenvalue weighted by Crippen LogP contribution is -2.54. The molecule has 0 aromatic heterocycles. The number of hydrogen-bond donors (Lipinski definition) is 1. The van der Waals surface area contributed by atoms with Crippen LogP contribution in [0.1, 0.15) is 47.0 Å². The molecule has 1 aliphatic rings. The summed E-state index contributed by atoms with van der Waals surface area (Å²) in [7, 11) is 2.24. The zero-order valence-electron chi connectivity index (χ0n) is 11.1. The van der Waals surface area contributed by atoms with E-state index in [9.17, 15) is 0 Å². The predicted molar refractivity (Wildman–Crippen MR) is 66.9 cm³/mol. The minimum absolute atomic E-state index is 0.250. The van der Waals surface area contributed by atoms with Gasteiger partial charge in [0.1, 0.15) is 0 Å². The lowest BCUT2D eigenvalue weighted by atomic mass is 9.85. The van der Waals surface area contributed by atoms with Gasteiger partial charge >= 0.3 is 0 Å². The van der Waals surface area contributed by atoms with Crippen molar-refractivity contribution < 1.29 is 0 Å². The Labute approximate surface area is 95.2 Å². The Kier molecular flexibility index (Phi) is 3.83. The van der Waals surface area contributed by atoms with Crippen LogP contribution in [0.3, 0.4) is 0 Å². The fourth-order valence-corrected chi connectivity index (χ4v) is 3.59. The number of likely N-dealkylation sites (N-methyl/N-ethyl adjacent to an activating group) is 1. The van der Waals surface area contributed by atoms with Gasteiger partial charge in [-0.1, -0.05) is 27.7 Å². The van der Waals surface area contributed by atoms with Gasteiger partial charge in [0.2, 0.25) is 0 Å². The maximum absolute atomic E-state index is 6.07. The molecule has 0 aromatic rings. The first-order valence-corrected chi connectivity index (χ1v) is 6.29. The van der Waals surface area contributed by atoms with Crippen LogP contribution in [0.4, 0.5) is 0 Å². The molecule has 2 unspecified atom stereocenters. The van der Waals surface area contributed by atoms with Crippen molar-refractivity contribution in [2.75, 3.05) is 20.1 Å². The molecule has 0 spiro atoms. The first-order chi connectivity index (χ1) is 6.88. The minimum Gasteiger partial charge on any atom is -0.329 e. The van der Waals surface area contributed by atoms with Crippen molar-refractivity contribution in [1.29, 1.82) is 0 Å². The average Bonchev–Trinajstić information content (AvgIpc) is 2.37. The second-order valence-electron chi connectivity index (χ2n) is 6.18. The summed E-state index contributed by atoms with van der Waals surface area (Å²) in [6.45, 7) is 11.3. The standard InChI is InChI=1S/C13H28N2/c1-6-7-15(5)13(10-14)9-12(3,4)8-11(13)2/h11H,6-10,14H2,1-5H3. The molecule has 90 valence electrons. The van der Waals surface area contributed by atoms with Gasteiger partial charge in [0.05, 0.1) is 0 Å². The Morgan fingerprint density at radius 1 is 1.40 bits per heavy atom. The second kappa shape index (κ2) is 4.42. The third kappa shape index (κ3) is 2.36. The molecule has 1 rings (SSSR count). The number of rotatable bonds is 4. The molecule has 0 aliphatic heterocycles.